The Bertz CT molecular complexity index is 636. The largest absolute Gasteiger partial charge is 0.468 e. The molecule has 18 heavy (non-hydrogen) atoms. The number of nitrogen functional groups attached to an aromatic ring is 1. The molecule has 1 heterocycles. The number of thioether (sulfide) groups is 1. The van der Waals surface area contributed by atoms with E-state index in [1.807, 2.05) is 6.07 Å². The molecule has 2 rings (SSSR count). The lowest BCUT2D eigenvalue weighted by molar-refractivity contribution is 0.530. The molecule has 0 amide bonds. The van der Waals surface area contributed by atoms with Crippen LogP contribution >= 0.6 is 11.8 Å². The second kappa shape index (κ2) is 5.05. The van der Waals surface area contributed by atoms with E-state index in [0.29, 0.717) is 16.3 Å². The summed E-state index contributed by atoms with van der Waals surface area (Å²) >= 11 is 1.40. The van der Waals surface area contributed by atoms with Crippen LogP contribution in [0.3, 0.4) is 0 Å². The summed E-state index contributed by atoms with van der Waals surface area (Å²) in [5.41, 5.74) is 6.30. The van der Waals surface area contributed by atoms with Crippen molar-refractivity contribution in [3.8, 4) is 0 Å². The van der Waals surface area contributed by atoms with Crippen molar-refractivity contribution in [1.29, 1.82) is 0 Å². The standard InChI is InChI=1S/C11H12N2O3S2/c12-10-4-3-9(18(13,14)15)6-11(10)17-7-8-2-1-5-16-8/h1-6H,7,12H2,(H2,13,14,15). The molecule has 7 heteroatoms. The fraction of sp³-hybridized carbons (Fsp3) is 0.0909. The highest BCUT2D eigenvalue weighted by molar-refractivity contribution is 7.98. The number of sulfonamides is 1. The first-order valence-electron chi connectivity index (χ1n) is 5.04. The second-order valence-corrected chi connectivity index (χ2v) is 6.19. The van der Waals surface area contributed by atoms with Gasteiger partial charge >= 0.3 is 0 Å². The summed E-state index contributed by atoms with van der Waals surface area (Å²) in [5, 5.41) is 5.07. The maximum atomic E-state index is 11.2. The Morgan fingerprint density at radius 2 is 2.06 bits per heavy atom. The quantitative estimate of drug-likeness (QED) is 0.658. The van der Waals surface area contributed by atoms with E-state index >= 15 is 0 Å². The molecule has 0 bridgehead atoms. The van der Waals surface area contributed by atoms with E-state index in [2.05, 4.69) is 0 Å². The minimum atomic E-state index is -3.71. The van der Waals surface area contributed by atoms with E-state index in [9.17, 15) is 8.42 Å². The summed E-state index contributed by atoms with van der Waals surface area (Å²) in [6.45, 7) is 0. The molecule has 1 aromatic carbocycles. The topological polar surface area (TPSA) is 99.3 Å². The van der Waals surface area contributed by atoms with E-state index in [-0.39, 0.29) is 4.90 Å². The van der Waals surface area contributed by atoms with Gasteiger partial charge in [-0.05, 0) is 30.3 Å². The highest BCUT2D eigenvalue weighted by Crippen LogP contribution is 2.30. The summed E-state index contributed by atoms with van der Waals surface area (Å²) in [6.07, 6.45) is 1.58. The van der Waals surface area contributed by atoms with Crippen LogP contribution in [0.4, 0.5) is 5.69 Å². The Balaban J connectivity index is 2.22. The molecule has 96 valence electrons. The van der Waals surface area contributed by atoms with Crippen molar-refractivity contribution < 1.29 is 12.8 Å². The van der Waals surface area contributed by atoms with Gasteiger partial charge < -0.3 is 10.2 Å². The van der Waals surface area contributed by atoms with Gasteiger partial charge in [0.25, 0.3) is 0 Å². The van der Waals surface area contributed by atoms with Crippen LogP contribution in [-0.4, -0.2) is 8.42 Å². The Morgan fingerprint density at radius 3 is 2.67 bits per heavy atom. The lowest BCUT2D eigenvalue weighted by Crippen LogP contribution is -2.12. The van der Waals surface area contributed by atoms with Crippen molar-refractivity contribution in [3.05, 3.63) is 42.4 Å². The third-order valence-corrected chi connectivity index (χ3v) is 4.27. The molecule has 0 atom stereocenters. The molecule has 2 aromatic rings. The number of anilines is 1. The predicted octanol–water partition coefficient (Wildman–Crippen LogP) is 1.80. The molecular weight excluding hydrogens is 272 g/mol. The minimum absolute atomic E-state index is 0.0543. The number of benzene rings is 1. The second-order valence-electron chi connectivity index (χ2n) is 3.61. The smallest absolute Gasteiger partial charge is 0.238 e. The first kappa shape index (κ1) is 13.0. The normalized spacial score (nSPS) is 11.6. The van der Waals surface area contributed by atoms with Gasteiger partial charge in [0.2, 0.25) is 10.0 Å². The zero-order valence-electron chi connectivity index (χ0n) is 9.37. The zero-order valence-corrected chi connectivity index (χ0v) is 11.0. The molecule has 0 saturated carbocycles. The molecule has 4 N–H and O–H groups in total. The van der Waals surface area contributed by atoms with Crippen LogP contribution in [0, 0.1) is 0 Å². The fourth-order valence-corrected chi connectivity index (χ4v) is 2.88. The van der Waals surface area contributed by atoms with Crippen molar-refractivity contribution in [2.45, 2.75) is 15.5 Å². The lowest BCUT2D eigenvalue weighted by atomic mass is 10.3. The molecule has 0 aliphatic rings. The van der Waals surface area contributed by atoms with E-state index in [1.165, 1.54) is 30.0 Å². The van der Waals surface area contributed by atoms with Crippen molar-refractivity contribution in [2.24, 2.45) is 5.14 Å². The SMILES string of the molecule is Nc1ccc(S(N)(=O)=O)cc1SCc1ccco1. The lowest BCUT2D eigenvalue weighted by Gasteiger charge is -2.06. The van der Waals surface area contributed by atoms with Gasteiger partial charge in [-0.1, -0.05) is 0 Å². The average molecular weight is 284 g/mol. The van der Waals surface area contributed by atoms with E-state index in [1.54, 1.807) is 12.3 Å². The van der Waals surface area contributed by atoms with Crippen molar-refractivity contribution >= 4 is 27.5 Å². The molecule has 1 aromatic heterocycles. The van der Waals surface area contributed by atoms with Gasteiger partial charge in [-0.25, -0.2) is 13.6 Å². The monoisotopic (exact) mass is 284 g/mol. The van der Waals surface area contributed by atoms with Crippen LogP contribution in [-0.2, 0) is 15.8 Å². The minimum Gasteiger partial charge on any atom is -0.468 e. The Hall–Kier alpha value is -1.44. The summed E-state index contributed by atoms with van der Waals surface area (Å²) < 4.78 is 27.7. The summed E-state index contributed by atoms with van der Waals surface area (Å²) in [6, 6.07) is 8.02. The van der Waals surface area contributed by atoms with Crippen LogP contribution in [0.5, 0.6) is 0 Å². The average Bonchev–Trinajstić information content (AvgIpc) is 2.79. The van der Waals surface area contributed by atoms with Gasteiger partial charge in [0.05, 0.1) is 16.9 Å². The van der Waals surface area contributed by atoms with Gasteiger partial charge in [-0.15, -0.1) is 11.8 Å². The van der Waals surface area contributed by atoms with Gasteiger partial charge in [-0.3, -0.25) is 0 Å². The third kappa shape index (κ3) is 3.06. The Kier molecular flexibility index (Phi) is 3.65. The molecule has 0 aliphatic carbocycles. The first-order chi connectivity index (χ1) is 8.47. The third-order valence-electron chi connectivity index (χ3n) is 2.26. The van der Waals surface area contributed by atoms with E-state index in [4.69, 9.17) is 15.3 Å². The molecule has 5 nitrogen and oxygen atoms in total. The summed E-state index contributed by atoms with van der Waals surface area (Å²) in [5.74, 6) is 1.37. The Labute approximate surface area is 109 Å². The molecule has 0 unspecified atom stereocenters. The maximum absolute atomic E-state index is 11.2. The number of furan rings is 1. The summed E-state index contributed by atoms with van der Waals surface area (Å²) in [7, 11) is -3.71. The number of hydrogen-bond acceptors (Lipinski definition) is 5. The highest BCUT2D eigenvalue weighted by Gasteiger charge is 2.11. The zero-order chi connectivity index (χ0) is 13.2. The van der Waals surface area contributed by atoms with Gasteiger partial charge in [0.15, 0.2) is 0 Å². The van der Waals surface area contributed by atoms with Gasteiger partial charge in [0.1, 0.15) is 5.76 Å². The van der Waals surface area contributed by atoms with Crippen molar-refractivity contribution in [2.75, 3.05) is 5.73 Å². The molecule has 0 spiro atoms. The van der Waals surface area contributed by atoms with Gasteiger partial charge in [0, 0.05) is 10.6 Å². The van der Waals surface area contributed by atoms with Crippen LogP contribution in [0.1, 0.15) is 5.76 Å². The summed E-state index contributed by atoms with van der Waals surface area (Å²) in [4.78, 5) is 0.719. The predicted molar refractivity (Wildman–Crippen MR) is 70.5 cm³/mol. The molecule has 0 fully saturated rings. The number of rotatable bonds is 4. The van der Waals surface area contributed by atoms with Crippen molar-refractivity contribution in [3.63, 3.8) is 0 Å². The van der Waals surface area contributed by atoms with Crippen LogP contribution in [0.25, 0.3) is 0 Å². The highest BCUT2D eigenvalue weighted by atomic mass is 32.2. The van der Waals surface area contributed by atoms with Crippen molar-refractivity contribution in [1.82, 2.24) is 0 Å². The number of hydrogen-bond donors (Lipinski definition) is 2. The Morgan fingerprint density at radius 1 is 1.28 bits per heavy atom. The molecule has 0 aliphatic heterocycles. The van der Waals surface area contributed by atoms with E-state index in [0.717, 1.165) is 5.76 Å². The van der Waals surface area contributed by atoms with Gasteiger partial charge in [-0.2, -0.15) is 0 Å². The molecule has 0 radical (unpaired) electrons. The number of primary sulfonamides is 1. The van der Waals surface area contributed by atoms with Crippen LogP contribution < -0.4 is 10.9 Å². The van der Waals surface area contributed by atoms with Crippen LogP contribution in [0.15, 0.2) is 50.8 Å². The number of nitrogens with two attached hydrogens (primary N) is 2. The maximum Gasteiger partial charge on any atom is 0.238 e. The first-order valence-corrected chi connectivity index (χ1v) is 7.57. The van der Waals surface area contributed by atoms with E-state index < -0.39 is 10.0 Å². The molecular formula is C11H12N2O3S2. The molecule has 0 saturated heterocycles. The fourth-order valence-electron chi connectivity index (χ4n) is 1.36. The van der Waals surface area contributed by atoms with Crippen LogP contribution in [0.2, 0.25) is 0 Å².